The lowest BCUT2D eigenvalue weighted by Crippen LogP contribution is -2.42. The summed E-state index contributed by atoms with van der Waals surface area (Å²) in [6.45, 7) is 0. The largest absolute Gasteiger partial charge is 0.550 e. The van der Waals surface area contributed by atoms with Crippen LogP contribution in [0.2, 0.25) is 0 Å². The highest BCUT2D eigenvalue weighted by molar-refractivity contribution is 7.14. The van der Waals surface area contributed by atoms with Crippen LogP contribution in [-0.2, 0) is 9.59 Å². The summed E-state index contributed by atoms with van der Waals surface area (Å²) >= 11 is 1.34. The summed E-state index contributed by atoms with van der Waals surface area (Å²) in [7, 11) is 0. The van der Waals surface area contributed by atoms with Gasteiger partial charge in [0.2, 0.25) is 5.91 Å². The molecule has 0 spiro atoms. The van der Waals surface area contributed by atoms with Crippen LogP contribution in [0.25, 0.3) is 11.3 Å². The van der Waals surface area contributed by atoms with Crippen molar-refractivity contribution in [1.82, 2.24) is 4.98 Å². The molecule has 5 nitrogen and oxygen atoms in total. The molecule has 2 aromatic rings. The molecule has 4 atom stereocenters. The fraction of sp³-hybridized carbons (Fsp3) is 0.278. The Morgan fingerprint density at radius 2 is 1.83 bits per heavy atom. The summed E-state index contributed by atoms with van der Waals surface area (Å²) < 4.78 is 0. The van der Waals surface area contributed by atoms with Gasteiger partial charge in [0.05, 0.1) is 11.6 Å². The fourth-order valence-corrected chi connectivity index (χ4v) is 4.49. The Kier molecular flexibility index (Phi) is 3.69. The topological polar surface area (TPSA) is 82.1 Å². The van der Waals surface area contributed by atoms with E-state index >= 15 is 0 Å². The van der Waals surface area contributed by atoms with Crippen LogP contribution in [0.15, 0.2) is 47.9 Å². The van der Waals surface area contributed by atoms with Crippen molar-refractivity contribution in [2.45, 2.75) is 6.42 Å². The van der Waals surface area contributed by atoms with Crippen LogP contribution in [0.5, 0.6) is 0 Å². The lowest BCUT2D eigenvalue weighted by molar-refractivity contribution is -0.313. The molecule has 2 aliphatic rings. The number of carbonyl (C=O) groups is 2. The average molecular weight is 339 g/mol. The van der Waals surface area contributed by atoms with Crippen molar-refractivity contribution in [2.24, 2.45) is 23.7 Å². The molecule has 2 aliphatic carbocycles. The number of nitrogens with one attached hydrogen (secondary N) is 1. The number of amides is 1. The Hall–Kier alpha value is -2.47. The number of aromatic nitrogens is 1. The minimum atomic E-state index is -1.14. The van der Waals surface area contributed by atoms with Crippen molar-refractivity contribution in [3.8, 4) is 11.3 Å². The third-order valence-corrected chi connectivity index (χ3v) is 5.60. The smallest absolute Gasteiger partial charge is 0.230 e. The number of thiazole rings is 1. The maximum Gasteiger partial charge on any atom is 0.230 e. The molecule has 1 aromatic heterocycles. The van der Waals surface area contributed by atoms with Gasteiger partial charge in [-0.3, -0.25) is 4.79 Å². The number of allylic oxidation sites excluding steroid dienone is 2. The standard InChI is InChI=1S/C18H16N2O3S/c21-16(14-11-6-7-12(8-11)15(14)17(22)23)20-18-19-13(9-24-18)10-4-2-1-3-5-10/h1-7,9,11-12,14-15H,8H2,(H,22,23)(H,19,20,21)/p-1/t11-,12-,14+,15-/m0/s1. The van der Waals surface area contributed by atoms with Crippen LogP contribution in [0.1, 0.15) is 6.42 Å². The average Bonchev–Trinajstić information content (AvgIpc) is 3.30. The number of carboxylic acid groups (broad SMARTS) is 1. The molecule has 1 aromatic carbocycles. The second-order valence-electron chi connectivity index (χ2n) is 6.21. The summed E-state index contributed by atoms with van der Waals surface area (Å²) in [4.78, 5) is 28.4. The van der Waals surface area contributed by atoms with E-state index in [1.54, 1.807) is 0 Å². The van der Waals surface area contributed by atoms with Gasteiger partial charge in [0, 0.05) is 22.8 Å². The van der Waals surface area contributed by atoms with E-state index in [1.807, 2.05) is 47.9 Å². The van der Waals surface area contributed by atoms with Crippen molar-refractivity contribution in [1.29, 1.82) is 0 Å². The van der Waals surface area contributed by atoms with Gasteiger partial charge in [0.1, 0.15) is 0 Å². The van der Waals surface area contributed by atoms with E-state index < -0.39 is 17.8 Å². The van der Waals surface area contributed by atoms with Crippen LogP contribution >= 0.6 is 11.3 Å². The van der Waals surface area contributed by atoms with E-state index in [-0.39, 0.29) is 17.7 Å². The summed E-state index contributed by atoms with van der Waals surface area (Å²) in [6.07, 6.45) is 4.56. The third-order valence-electron chi connectivity index (χ3n) is 4.84. The molecular formula is C18H15N2O3S-. The van der Waals surface area contributed by atoms with Crippen LogP contribution in [-0.4, -0.2) is 16.9 Å². The van der Waals surface area contributed by atoms with E-state index in [0.29, 0.717) is 11.6 Å². The lowest BCUT2D eigenvalue weighted by atomic mass is 9.82. The second-order valence-corrected chi connectivity index (χ2v) is 7.07. The number of anilines is 1. The summed E-state index contributed by atoms with van der Waals surface area (Å²) in [6, 6.07) is 9.69. The summed E-state index contributed by atoms with van der Waals surface area (Å²) in [5.41, 5.74) is 1.77. The third kappa shape index (κ3) is 2.53. The molecular weight excluding hydrogens is 324 g/mol. The number of hydrogen-bond donors (Lipinski definition) is 1. The molecule has 0 unspecified atom stereocenters. The molecule has 24 heavy (non-hydrogen) atoms. The number of aliphatic carboxylic acids is 1. The number of benzene rings is 1. The highest BCUT2D eigenvalue weighted by Gasteiger charge is 2.48. The van der Waals surface area contributed by atoms with Crippen molar-refractivity contribution in [3.63, 3.8) is 0 Å². The molecule has 0 radical (unpaired) electrons. The Morgan fingerprint density at radius 1 is 1.12 bits per heavy atom. The Bertz CT molecular complexity index is 815. The first kappa shape index (κ1) is 15.1. The first-order valence-corrected chi connectivity index (χ1v) is 8.72. The molecule has 0 aliphatic heterocycles. The van der Waals surface area contributed by atoms with Crippen molar-refractivity contribution >= 4 is 28.3 Å². The normalized spacial score (nSPS) is 27.3. The number of hydrogen-bond acceptors (Lipinski definition) is 5. The molecule has 1 fully saturated rings. The molecule has 122 valence electrons. The zero-order valence-electron chi connectivity index (χ0n) is 12.7. The van der Waals surface area contributed by atoms with E-state index in [4.69, 9.17) is 0 Å². The van der Waals surface area contributed by atoms with Gasteiger partial charge in [-0.2, -0.15) is 0 Å². The van der Waals surface area contributed by atoms with Crippen LogP contribution in [0.3, 0.4) is 0 Å². The number of carboxylic acids is 1. The van der Waals surface area contributed by atoms with E-state index in [1.165, 1.54) is 11.3 Å². The van der Waals surface area contributed by atoms with Gasteiger partial charge < -0.3 is 15.2 Å². The monoisotopic (exact) mass is 339 g/mol. The molecule has 4 rings (SSSR count). The highest BCUT2D eigenvalue weighted by atomic mass is 32.1. The van der Waals surface area contributed by atoms with Gasteiger partial charge in [-0.1, -0.05) is 42.5 Å². The van der Waals surface area contributed by atoms with Gasteiger partial charge in [-0.05, 0) is 18.3 Å². The van der Waals surface area contributed by atoms with Gasteiger partial charge in [-0.25, -0.2) is 4.98 Å². The van der Waals surface area contributed by atoms with E-state index in [2.05, 4.69) is 10.3 Å². The molecule has 1 heterocycles. The first-order valence-electron chi connectivity index (χ1n) is 7.84. The predicted molar refractivity (Wildman–Crippen MR) is 88.9 cm³/mol. The van der Waals surface area contributed by atoms with Gasteiger partial charge in [0.15, 0.2) is 5.13 Å². The van der Waals surface area contributed by atoms with Crippen LogP contribution < -0.4 is 10.4 Å². The minimum absolute atomic E-state index is 0.0218. The molecule has 1 N–H and O–H groups in total. The maximum absolute atomic E-state index is 12.6. The summed E-state index contributed by atoms with van der Waals surface area (Å²) in [5.74, 6) is -2.85. The SMILES string of the molecule is O=C([O-])[C@@H]1[C@H](C(=O)Nc2nc(-c3ccccc3)cs2)[C@H]2C=C[C@H]1C2. The number of rotatable bonds is 4. The van der Waals surface area contributed by atoms with Crippen molar-refractivity contribution < 1.29 is 14.7 Å². The predicted octanol–water partition coefficient (Wildman–Crippen LogP) is 1.94. The van der Waals surface area contributed by atoms with E-state index in [0.717, 1.165) is 11.3 Å². The van der Waals surface area contributed by atoms with Crippen LogP contribution in [0.4, 0.5) is 5.13 Å². The summed E-state index contributed by atoms with van der Waals surface area (Å²) in [5, 5.41) is 16.6. The molecule has 6 heteroatoms. The number of fused-ring (bicyclic) bond motifs is 2. The van der Waals surface area contributed by atoms with Gasteiger partial charge >= 0.3 is 0 Å². The quantitative estimate of drug-likeness (QED) is 0.863. The molecule has 0 saturated heterocycles. The fourth-order valence-electron chi connectivity index (χ4n) is 3.76. The van der Waals surface area contributed by atoms with Gasteiger partial charge in [-0.15, -0.1) is 11.3 Å². The Balaban J connectivity index is 1.52. The second kappa shape index (κ2) is 5.87. The molecule has 1 saturated carbocycles. The van der Waals surface area contributed by atoms with Crippen LogP contribution in [0, 0.1) is 23.7 Å². The zero-order chi connectivity index (χ0) is 16.7. The maximum atomic E-state index is 12.6. The van der Waals surface area contributed by atoms with Crippen molar-refractivity contribution in [2.75, 3.05) is 5.32 Å². The molecule has 2 bridgehead atoms. The van der Waals surface area contributed by atoms with Crippen molar-refractivity contribution in [3.05, 3.63) is 47.9 Å². The van der Waals surface area contributed by atoms with E-state index in [9.17, 15) is 14.7 Å². The van der Waals surface area contributed by atoms with Gasteiger partial charge in [0.25, 0.3) is 0 Å². The highest BCUT2D eigenvalue weighted by Crippen LogP contribution is 2.48. The zero-order valence-corrected chi connectivity index (χ0v) is 13.5. The lowest BCUT2D eigenvalue weighted by Gasteiger charge is -2.27. The number of carbonyl (C=O) groups excluding carboxylic acids is 2. The first-order chi connectivity index (χ1) is 11.6. The minimum Gasteiger partial charge on any atom is -0.550 e. The molecule has 1 amide bonds. The Morgan fingerprint density at radius 3 is 2.54 bits per heavy atom. The number of nitrogens with zero attached hydrogens (tertiary/aromatic N) is 1. The Labute approximate surface area is 143 Å².